The van der Waals surface area contributed by atoms with Crippen LogP contribution in [-0.4, -0.2) is 14.5 Å². The number of nitro groups is 1. The van der Waals surface area contributed by atoms with Crippen molar-refractivity contribution in [2.75, 3.05) is 0 Å². The number of hydrogen-bond acceptors (Lipinski definition) is 4. The predicted molar refractivity (Wildman–Crippen MR) is 78.4 cm³/mol. The van der Waals surface area contributed by atoms with E-state index in [1.54, 1.807) is 0 Å². The van der Waals surface area contributed by atoms with Gasteiger partial charge in [0, 0.05) is 18.0 Å². The van der Waals surface area contributed by atoms with Crippen molar-refractivity contribution in [3.8, 4) is 0 Å². The molecule has 0 amide bonds. The fourth-order valence-electron chi connectivity index (χ4n) is 1.55. The van der Waals surface area contributed by atoms with Crippen LogP contribution in [0.15, 0.2) is 33.9 Å². The van der Waals surface area contributed by atoms with Crippen LogP contribution in [0.25, 0.3) is 0 Å². The third kappa shape index (κ3) is 3.17. The minimum atomic E-state index is -0.731. The molecule has 0 aliphatic carbocycles. The van der Waals surface area contributed by atoms with Crippen molar-refractivity contribution in [1.82, 2.24) is 9.55 Å². The van der Waals surface area contributed by atoms with Gasteiger partial charge in [0.05, 0.1) is 27.2 Å². The smallest absolute Gasteiger partial charge is 0.333 e. The fourth-order valence-corrected chi connectivity index (χ4v) is 2.44. The van der Waals surface area contributed by atoms with Gasteiger partial charge in [0.1, 0.15) is 5.15 Å². The van der Waals surface area contributed by atoms with Gasteiger partial charge in [0.2, 0.25) is 0 Å². The highest BCUT2D eigenvalue weighted by molar-refractivity contribution is 9.10. The zero-order valence-electron chi connectivity index (χ0n) is 9.72. The summed E-state index contributed by atoms with van der Waals surface area (Å²) in [6.45, 7) is 0.225. The normalized spacial score (nSPS) is 10.6. The van der Waals surface area contributed by atoms with E-state index in [1.807, 2.05) is 0 Å². The van der Waals surface area contributed by atoms with Gasteiger partial charge in [-0.2, -0.15) is 0 Å². The van der Waals surface area contributed by atoms with Crippen LogP contribution in [-0.2, 0) is 6.54 Å². The molecule has 0 spiro atoms. The number of hydrogen-bond donors (Lipinski definition) is 0. The van der Waals surface area contributed by atoms with Gasteiger partial charge in [-0.25, -0.2) is 4.98 Å². The predicted octanol–water partition coefficient (Wildman–Crippen LogP) is 3.27. The first-order valence-electron chi connectivity index (χ1n) is 5.22. The van der Waals surface area contributed by atoms with Crippen LogP contribution in [0.2, 0.25) is 10.2 Å². The van der Waals surface area contributed by atoms with Crippen LogP contribution in [0.5, 0.6) is 0 Å². The maximum Gasteiger partial charge on any atom is 0.333 e. The summed E-state index contributed by atoms with van der Waals surface area (Å²) in [4.78, 5) is 25.5. The van der Waals surface area contributed by atoms with Crippen molar-refractivity contribution in [2.45, 2.75) is 6.54 Å². The van der Waals surface area contributed by atoms with Crippen LogP contribution in [0.1, 0.15) is 5.56 Å². The van der Waals surface area contributed by atoms with Crippen LogP contribution in [0.4, 0.5) is 5.69 Å². The van der Waals surface area contributed by atoms with Crippen molar-refractivity contribution in [1.29, 1.82) is 0 Å². The summed E-state index contributed by atoms with van der Waals surface area (Å²) >= 11 is 14.7. The van der Waals surface area contributed by atoms with Gasteiger partial charge in [-0.15, -0.1) is 0 Å². The largest absolute Gasteiger partial charge is 0.342 e. The van der Waals surface area contributed by atoms with Gasteiger partial charge >= 0.3 is 5.69 Å². The monoisotopic (exact) mass is 377 g/mol. The molecule has 2 aromatic rings. The molecule has 0 bridgehead atoms. The van der Waals surface area contributed by atoms with Gasteiger partial charge in [0.15, 0.2) is 0 Å². The topological polar surface area (TPSA) is 78.0 Å². The van der Waals surface area contributed by atoms with Gasteiger partial charge in [-0.05, 0) is 22.0 Å². The molecular formula is C11H6BrCl2N3O3. The Morgan fingerprint density at radius 1 is 1.40 bits per heavy atom. The molecule has 6 nitrogen and oxygen atoms in total. The maximum absolute atomic E-state index is 11.6. The highest BCUT2D eigenvalue weighted by Crippen LogP contribution is 2.20. The molecule has 0 fully saturated rings. The summed E-state index contributed by atoms with van der Waals surface area (Å²) < 4.78 is 1.57. The van der Waals surface area contributed by atoms with E-state index in [0.29, 0.717) is 10.6 Å². The Morgan fingerprint density at radius 2 is 2.10 bits per heavy atom. The summed E-state index contributed by atoms with van der Waals surface area (Å²) in [6.07, 6.45) is 4.07. The number of halogens is 3. The quantitative estimate of drug-likeness (QED) is 0.466. The van der Waals surface area contributed by atoms with Gasteiger partial charge in [0.25, 0.3) is 5.43 Å². The number of rotatable bonds is 3. The van der Waals surface area contributed by atoms with E-state index >= 15 is 0 Å². The van der Waals surface area contributed by atoms with Crippen molar-refractivity contribution in [3.05, 3.63) is 65.2 Å². The second kappa shape index (κ2) is 5.90. The molecule has 0 radical (unpaired) electrons. The Morgan fingerprint density at radius 3 is 2.70 bits per heavy atom. The molecule has 0 N–H and O–H groups in total. The minimum Gasteiger partial charge on any atom is -0.342 e. The lowest BCUT2D eigenvalue weighted by molar-refractivity contribution is -0.386. The van der Waals surface area contributed by atoms with Crippen LogP contribution < -0.4 is 5.43 Å². The Labute approximate surface area is 131 Å². The molecule has 0 aliphatic rings. The van der Waals surface area contributed by atoms with Crippen molar-refractivity contribution in [3.63, 3.8) is 0 Å². The number of nitrogens with zero attached hydrogens (tertiary/aromatic N) is 3. The van der Waals surface area contributed by atoms with Gasteiger partial charge < -0.3 is 4.57 Å². The molecule has 0 atom stereocenters. The van der Waals surface area contributed by atoms with Crippen LogP contribution in [0.3, 0.4) is 0 Å². The molecule has 0 saturated carbocycles. The highest BCUT2D eigenvalue weighted by Gasteiger charge is 2.16. The molecule has 0 saturated heterocycles. The Balaban J connectivity index is 2.44. The van der Waals surface area contributed by atoms with E-state index < -0.39 is 16.0 Å². The second-order valence-corrected chi connectivity index (χ2v) is 5.50. The second-order valence-electron chi connectivity index (χ2n) is 3.85. The van der Waals surface area contributed by atoms with Crippen LogP contribution in [0, 0.1) is 10.1 Å². The molecular weight excluding hydrogens is 373 g/mol. The van der Waals surface area contributed by atoms with E-state index in [1.165, 1.54) is 23.0 Å². The van der Waals surface area contributed by atoms with E-state index in [2.05, 4.69) is 20.9 Å². The average Bonchev–Trinajstić information content (AvgIpc) is 2.36. The standard InChI is InChI=1S/C11H6BrCl2N3O3/c12-7-4-16(5-9(11(7)18)17(19)20)3-6-2-15-10(14)1-8(6)13/h1-2,4-5H,3H2. The first-order chi connectivity index (χ1) is 9.38. The summed E-state index contributed by atoms with van der Waals surface area (Å²) in [5.74, 6) is 0. The number of pyridine rings is 2. The Kier molecular flexibility index (Phi) is 4.42. The lowest BCUT2D eigenvalue weighted by atomic mass is 10.2. The molecule has 0 aromatic carbocycles. The molecule has 104 valence electrons. The SMILES string of the molecule is O=c1c(Br)cn(Cc2cnc(Cl)cc2Cl)cc1[N+](=O)[O-]. The van der Waals surface area contributed by atoms with Crippen LogP contribution >= 0.6 is 39.1 Å². The zero-order valence-corrected chi connectivity index (χ0v) is 12.8. The summed E-state index contributed by atoms with van der Waals surface area (Å²) in [5, 5.41) is 11.5. The molecule has 9 heteroatoms. The molecule has 2 aromatic heterocycles. The van der Waals surface area contributed by atoms with E-state index in [4.69, 9.17) is 23.2 Å². The molecule has 0 aliphatic heterocycles. The summed E-state index contributed by atoms with van der Waals surface area (Å²) in [5.41, 5.74) is -0.565. The van der Waals surface area contributed by atoms with Crippen molar-refractivity contribution >= 4 is 44.8 Å². The first-order valence-corrected chi connectivity index (χ1v) is 6.77. The van der Waals surface area contributed by atoms with Crippen molar-refractivity contribution < 1.29 is 4.92 Å². The third-order valence-electron chi connectivity index (χ3n) is 2.46. The Hall–Kier alpha value is -1.44. The molecule has 2 rings (SSSR count). The molecule has 2 heterocycles. The summed E-state index contributed by atoms with van der Waals surface area (Å²) in [7, 11) is 0. The Bertz CT molecular complexity index is 748. The van der Waals surface area contributed by atoms with Gasteiger partial charge in [-0.1, -0.05) is 23.2 Å². The number of aromatic nitrogens is 2. The fraction of sp³-hybridized carbons (Fsp3) is 0.0909. The minimum absolute atomic E-state index is 0.102. The molecule has 20 heavy (non-hydrogen) atoms. The summed E-state index contributed by atoms with van der Waals surface area (Å²) in [6, 6.07) is 1.48. The van der Waals surface area contributed by atoms with Gasteiger partial charge in [-0.3, -0.25) is 14.9 Å². The van der Waals surface area contributed by atoms with E-state index in [-0.39, 0.29) is 16.2 Å². The first kappa shape index (κ1) is 15.0. The third-order valence-corrected chi connectivity index (χ3v) is 3.59. The van der Waals surface area contributed by atoms with E-state index in [9.17, 15) is 14.9 Å². The maximum atomic E-state index is 11.6. The molecule has 0 unspecified atom stereocenters. The van der Waals surface area contributed by atoms with E-state index in [0.717, 1.165) is 6.20 Å². The highest BCUT2D eigenvalue weighted by atomic mass is 79.9. The lowest BCUT2D eigenvalue weighted by Gasteiger charge is -2.08. The zero-order chi connectivity index (χ0) is 14.9. The van der Waals surface area contributed by atoms with Crippen molar-refractivity contribution in [2.24, 2.45) is 0 Å². The average molecular weight is 379 g/mol. The lowest BCUT2D eigenvalue weighted by Crippen LogP contribution is -2.13.